The van der Waals surface area contributed by atoms with Crippen molar-refractivity contribution in [3.8, 4) is 11.4 Å². The average Bonchev–Trinajstić information content (AvgIpc) is 3.21. The summed E-state index contributed by atoms with van der Waals surface area (Å²) in [4.78, 5) is 13.9. The SMILES string of the molecule is Cc1ccccc1-c1nc2c3ccncc3n3c4cnccc4c(c23)[n+]1C. The van der Waals surface area contributed by atoms with Gasteiger partial charge in [-0.2, -0.15) is 0 Å². The molecule has 5 nitrogen and oxygen atoms in total. The fraction of sp³-hybridized carbons (Fsp3) is 0.0909. The highest BCUT2D eigenvalue weighted by molar-refractivity contribution is 6.19. The molecule has 0 saturated heterocycles. The molecule has 27 heavy (non-hydrogen) atoms. The fourth-order valence-corrected chi connectivity index (χ4v) is 4.28. The van der Waals surface area contributed by atoms with Crippen molar-refractivity contribution in [3.05, 3.63) is 66.7 Å². The number of pyridine rings is 2. The largest absolute Gasteiger partial charge is 0.331 e. The minimum Gasteiger partial charge on any atom is -0.298 e. The second-order valence-electron chi connectivity index (χ2n) is 6.98. The highest BCUT2D eigenvalue weighted by atomic mass is 15.1. The third-order valence-electron chi connectivity index (χ3n) is 5.52. The summed E-state index contributed by atoms with van der Waals surface area (Å²) in [6, 6.07) is 12.5. The van der Waals surface area contributed by atoms with Gasteiger partial charge in [-0.1, -0.05) is 18.2 Å². The first kappa shape index (κ1) is 14.6. The Bertz CT molecular complexity index is 1500. The standard InChI is InChI=1S/C22H16N5/c1-13-5-3-4-6-14(13)22-25-19-15-7-9-23-11-17(15)27-18-12-24-10-8-16(18)20(21(19)27)26(22)2/h3-12H,1-2H3/q+1. The Morgan fingerprint density at radius 1 is 0.889 bits per heavy atom. The van der Waals surface area contributed by atoms with E-state index in [2.05, 4.69) is 63.2 Å². The molecule has 0 atom stereocenters. The minimum absolute atomic E-state index is 0.969. The van der Waals surface area contributed by atoms with Crippen molar-refractivity contribution < 1.29 is 4.57 Å². The predicted octanol–water partition coefficient (Wildman–Crippen LogP) is 3.82. The van der Waals surface area contributed by atoms with Crippen molar-refractivity contribution in [2.75, 3.05) is 0 Å². The van der Waals surface area contributed by atoms with Gasteiger partial charge in [-0.3, -0.25) is 14.4 Å². The van der Waals surface area contributed by atoms with E-state index in [1.165, 1.54) is 16.5 Å². The Hall–Kier alpha value is -3.60. The third kappa shape index (κ3) is 1.73. The number of fused-ring (bicyclic) bond motifs is 6. The van der Waals surface area contributed by atoms with Crippen LogP contribution in [0.25, 0.3) is 49.7 Å². The molecule has 0 N–H and O–H groups in total. The molecule has 5 heterocycles. The van der Waals surface area contributed by atoms with Crippen LogP contribution in [0.2, 0.25) is 0 Å². The van der Waals surface area contributed by atoms with Crippen molar-refractivity contribution in [2.24, 2.45) is 7.05 Å². The zero-order chi connectivity index (χ0) is 18.1. The van der Waals surface area contributed by atoms with Crippen LogP contribution in [0.3, 0.4) is 0 Å². The van der Waals surface area contributed by atoms with Crippen LogP contribution >= 0.6 is 0 Å². The number of hydrogen-bond acceptors (Lipinski definition) is 3. The highest BCUT2D eigenvalue weighted by Gasteiger charge is 2.29. The normalized spacial score (nSPS) is 12.1. The van der Waals surface area contributed by atoms with Gasteiger partial charge in [-0.05, 0) is 35.7 Å². The average molecular weight is 350 g/mol. The van der Waals surface area contributed by atoms with Crippen LogP contribution in [0.4, 0.5) is 0 Å². The molecule has 0 saturated carbocycles. The lowest BCUT2D eigenvalue weighted by molar-refractivity contribution is -0.635. The maximum absolute atomic E-state index is 5.13. The van der Waals surface area contributed by atoms with Crippen molar-refractivity contribution in [3.63, 3.8) is 0 Å². The Morgan fingerprint density at radius 2 is 1.59 bits per heavy atom. The molecule has 5 aromatic heterocycles. The van der Waals surface area contributed by atoms with Gasteiger partial charge >= 0.3 is 5.82 Å². The summed E-state index contributed by atoms with van der Waals surface area (Å²) >= 11 is 0. The first-order chi connectivity index (χ1) is 13.3. The zero-order valence-corrected chi connectivity index (χ0v) is 15.0. The van der Waals surface area contributed by atoms with Gasteiger partial charge in [-0.25, -0.2) is 4.57 Å². The van der Waals surface area contributed by atoms with Crippen LogP contribution in [-0.2, 0) is 7.05 Å². The van der Waals surface area contributed by atoms with E-state index in [9.17, 15) is 0 Å². The lowest BCUT2D eigenvalue weighted by Crippen LogP contribution is -2.33. The van der Waals surface area contributed by atoms with E-state index >= 15 is 0 Å². The van der Waals surface area contributed by atoms with Gasteiger partial charge in [0.1, 0.15) is 5.52 Å². The molecule has 1 aromatic carbocycles. The molecule has 0 fully saturated rings. The second-order valence-corrected chi connectivity index (χ2v) is 6.98. The van der Waals surface area contributed by atoms with Crippen LogP contribution in [-0.4, -0.2) is 19.4 Å². The summed E-state index contributed by atoms with van der Waals surface area (Å²) in [6.45, 7) is 2.13. The molecule has 0 amide bonds. The molecule has 0 aliphatic heterocycles. The summed E-state index contributed by atoms with van der Waals surface area (Å²) < 4.78 is 4.45. The number of nitrogens with zero attached hydrogens (tertiary/aromatic N) is 5. The van der Waals surface area contributed by atoms with Crippen LogP contribution in [0.5, 0.6) is 0 Å². The maximum atomic E-state index is 5.13. The zero-order valence-electron chi connectivity index (χ0n) is 15.0. The van der Waals surface area contributed by atoms with Gasteiger partial charge in [0.25, 0.3) is 0 Å². The van der Waals surface area contributed by atoms with Gasteiger partial charge < -0.3 is 0 Å². The molecule has 0 radical (unpaired) electrons. The number of aromatic nitrogens is 5. The summed E-state index contributed by atoms with van der Waals surface area (Å²) in [5.74, 6) is 0.969. The van der Waals surface area contributed by atoms with Gasteiger partial charge in [0.2, 0.25) is 5.52 Å². The van der Waals surface area contributed by atoms with Crippen LogP contribution in [0.1, 0.15) is 5.56 Å². The van der Waals surface area contributed by atoms with E-state index in [0.717, 1.165) is 38.8 Å². The van der Waals surface area contributed by atoms with E-state index in [1.807, 2.05) is 30.9 Å². The highest BCUT2D eigenvalue weighted by Crippen LogP contribution is 2.36. The second kappa shape index (κ2) is 4.98. The molecule has 0 spiro atoms. The Morgan fingerprint density at radius 3 is 2.37 bits per heavy atom. The molecule has 0 unspecified atom stereocenters. The molecule has 0 aliphatic rings. The van der Waals surface area contributed by atoms with E-state index in [-0.39, 0.29) is 0 Å². The maximum Gasteiger partial charge on any atom is 0.331 e. The number of hydrogen-bond donors (Lipinski definition) is 0. The molecule has 6 rings (SSSR count). The number of benzene rings is 1. The van der Waals surface area contributed by atoms with Crippen LogP contribution in [0.15, 0.2) is 61.2 Å². The van der Waals surface area contributed by atoms with Gasteiger partial charge in [0, 0.05) is 12.4 Å². The number of rotatable bonds is 1. The summed E-state index contributed by atoms with van der Waals surface area (Å²) in [5, 5.41) is 2.29. The number of aryl methyl sites for hydroxylation is 2. The van der Waals surface area contributed by atoms with E-state index in [0.29, 0.717) is 0 Å². The van der Waals surface area contributed by atoms with E-state index in [4.69, 9.17) is 4.98 Å². The van der Waals surface area contributed by atoms with Gasteiger partial charge in [-0.15, -0.1) is 0 Å². The first-order valence-corrected chi connectivity index (χ1v) is 8.94. The molecule has 6 aromatic rings. The quantitative estimate of drug-likeness (QED) is 0.424. The van der Waals surface area contributed by atoms with Gasteiger partial charge in [0.15, 0.2) is 5.52 Å². The lowest BCUT2D eigenvalue weighted by Gasteiger charge is -2.04. The van der Waals surface area contributed by atoms with Crippen LogP contribution < -0.4 is 4.57 Å². The van der Waals surface area contributed by atoms with Crippen molar-refractivity contribution >= 4 is 38.4 Å². The Kier molecular flexibility index (Phi) is 2.68. The van der Waals surface area contributed by atoms with Crippen molar-refractivity contribution in [1.82, 2.24) is 19.4 Å². The summed E-state index contributed by atoms with van der Waals surface area (Å²) in [6.07, 6.45) is 7.52. The molecular formula is C22H16N5+. The Balaban J connectivity index is 1.95. The van der Waals surface area contributed by atoms with Crippen molar-refractivity contribution in [1.29, 1.82) is 0 Å². The topological polar surface area (TPSA) is 47.0 Å². The monoisotopic (exact) mass is 350 g/mol. The first-order valence-electron chi connectivity index (χ1n) is 8.94. The Labute approximate surface area is 154 Å². The molecular weight excluding hydrogens is 334 g/mol. The molecule has 128 valence electrons. The van der Waals surface area contributed by atoms with Crippen LogP contribution in [0, 0.1) is 6.92 Å². The summed E-state index contributed by atoms with van der Waals surface area (Å²) in [7, 11) is 2.10. The molecule has 5 heteroatoms. The van der Waals surface area contributed by atoms with Crippen molar-refractivity contribution in [2.45, 2.75) is 6.92 Å². The summed E-state index contributed by atoms with van der Waals surface area (Å²) in [5.41, 5.74) is 7.82. The minimum atomic E-state index is 0.969. The third-order valence-corrected chi connectivity index (χ3v) is 5.52. The smallest absolute Gasteiger partial charge is 0.298 e. The molecule has 0 aliphatic carbocycles. The van der Waals surface area contributed by atoms with Gasteiger partial charge in [0.05, 0.1) is 46.8 Å². The molecule has 0 bridgehead atoms. The fourth-order valence-electron chi connectivity index (χ4n) is 4.28. The lowest BCUT2D eigenvalue weighted by atomic mass is 10.1. The predicted molar refractivity (Wildman–Crippen MR) is 106 cm³/mol. The van der Waals surface area contributed by atoms with E-state index < -0.39 is 0 Å². The van der Waals surface area contributed by atoms with E-state index in [1.54, 1.807) is 0 Å².